The molecule has 0 aliphatic heterocycles. The maximum atomic E-state index is 10.8. The van der Waals surface area contributed by atoms with Crippen LogP contribution in [0.25, 0.3) is 0 Å². The van der Waals surface area contributed by atoms with E-state index in [2.05, 4.69) is 15.3 Å². The first kappa shape index (κ1) is 13.7. The Hall–Kier alpha value is -2.70. The highest BCUT2D eigenvalue weighted by molar-refractivity contribution is 5.52. The second kappa shape index (κ2) is 5.96. The zero-order valence-electron chi connectivity index (χ0n) is 11.0. The molecule has 2 heterocycles. The third-order valence-electron chi connectivity index (χ3n) is 2.84. The van der Waals surface area contributed by atoms with E-state index in [-0.39, 0.29) is 11.5 Å². The number of nitro groups is 1. The Balaban J connectivity index is 2.16. The fraction of sp³-hybridized carbons (Fsp3) is 0.231. The maximum Gasteiger partial charge on any atom is 0.276 e. The summed E-state index contributed by atoms with van der Waals surface area (Å²) in [5, 5.41) is 13.8. The summed E-state index contributed by atoms with van der Waals surface area (Å²) in [6.45, 7) is 2.49. The molecule has 0 unspecified atom stereocenters. The van der Waals surface area contributed by atoms with E-state index >= 15 is 0 Å². The van der Waals surface area contributed by atoms with Crippen LogP contribution in [0.5, 0.6) is 0 Å². The molecule has 0 fully saturated rings. The molecule has 0 amide bonds. The number of aryl methyl sites for hydroxylation is 1. The Bertz CT molecular complexity index is 630. The number of nitrogens with two attached hydrogens (primary N) is 1. The van der Waals surface area contributed by atoms with E-state index in [1.165, 1.54) is 12.1 Å². The van der Waals surface area contributed by atoms with Gasteiger partial charge in [-0.25, -0.2) is 4.98 Å². The third kappa shape index (κ3) is 3.19. The van der Waals surface area contributed by atoms with Crippen molar-refractivity contribution in [2.45, 2.75) is 19.9 Å². The van der Waals surface area contributed by atoms with Gasteiger partial charge in [0.15, 0.2) is 0 Å². The number of pyridine rings is 2. The van der Waals surface area contributed by atoms with Crippen molar-refractivity contribution in [3.05, 3.63) is 51.8 Å². The van der Waals surface area contributed by atoms with Crippen LogP contribution in [0.1, 0.15) is 18.2 Å². The number of nitrogen functional groups attached to an aromatic ring is 1. The zero-order valence-corrected chi connectivity index (χ0v) is 11.0. The van der Waals surface area contributed by atoms with Gasteiger partial charge in [0.05, 0.1) is 29.3 Å². The molecular formula is C13H15N5O2. The van der Waals surface area contributed by atoms with Crippen LogP contribution in [0.3, 0.4) is 0 Å². The van der Waals surface area contributed by atoms with Crippen molar-refractivity contribution in [2.24, 2.45) is 0 Å². The minimum Gasteiger partial charge on any atom is -0.383 e. The molecule has 2 aromatic heterocycles. The zero-order chi connectivity index (χ0) is 14.5. The van der Waals surface area contributed by atoms with E-state index < -0.39 is 4.92 Å². The van der Waals surface area contributed by atoms with Gasteiger partial charge in [0.1, 0.15) is 11.6 Å². The average molecular weight is 273 g/mol. The Labute approximate surface area is 116 Å². The van der Waals surface area contributed by atoms with Gasteiger partial charge >= 0.3 is 0 Å². The van der Waals surface area contributed by atoms with E-state index in [4.69, 9.17) is 5.73 Å². The second-order valence-electron chi connectivity index (χ2n) is 4.21. The van der Waals surface area contributed by atoms with E-state index in [1.807, 2.05) is 19.1 Å². The van der Waals surface area contributed by atoms with Crippen molar-refractivity contribution in [3.63, 3.8) is 0 Å². The Kier molecular flexibility index (Phi) is 4.09. The van der Waals surface area contributed by atoms with E-state index in [1.54, 1.807) is 6.20 Å². The second-order valence-corrected chi connectivity index (χ2v) is 4.21. The molecule has 0 radical (unpaired) electrons. The van der Waals surface area contributed by atoms with Crippen LogP contribution in [0.2, 0.25) is 0 Å². The summed E-state index contributed by atoms with van der Waals surface area (Å²) in [7, 11) is 0. The van der Waals surface area contributed by atoms with Gasteiger partial charge in [-0.3, -0.25) is 15.1 Å². The number of anilines is 2. The normalized spacial score (nSPS) is 10.2. The van der Waals surface area contributed by atoms with Gasteiger partial charge in [0.25, 0.3) is 5.69 Å². The number of hydrogen-bond acceptors (Lipinski definition) is 6. The summed E-state index contributed by atoms with van der Waals surface area (Å²) in [5.41, 5.74) is 7.48. The smallest absolute Gasteiger partial charge is 0.276 e. The molecule has 0 atom stereocenters. The van der Waals surface area contributed by atoms with Crippen molar-refractivity contribution in [2.75, 3.05) is 11.1 Å². The molecule has 7 heteroatoms. The largest absolute Gasteiger partial charge is 0.383 e. The Morgan fingerprint density at radius 1 is 1.45 bits per heavy atom. The maximum absolute atomic E-state index is 10.8. The average Bonchev–Trinajstić information content (AvgIpc) is 2.44. The Morgan fingerprint density at radius 3 is 2.95 bits per heavy atom. The van der Waals surface area contributed by atoms with Crippen LogP contribution >= 0.6 is 0 Å². The van der Waals surface area contributed by atoms with Crippen molar-refractivity contribution >= 4 is 17.3 Å². The summed E-state index contributed by atoms with van der Waals surface area (Å²) in [6.07, 6.45) is 2.58. The first-order chi connectivity index (χ1) is 9.60. The lowest BCUT2D eigenvalue weighted by atomic mass is 10.1. The highest BCUT2D eigenvalue weighted by Crippen LogP contribution is 2.19. The summed E-state index contributed by atoms with van der Waals surface area (Å²) < 4.78 is 0. The molecule has 7 nitrogen and oxygen atoms in total. The predicted octanol–water partition coefficient (Wildman–Crippen LogP) is 2.14. The fourth-order valence-corrected chi connectivity index (χ4v) is 1.86. The van der Waals surface area contributed by atoms with Gasteiger partial charge in [-0.1, -0.05) is 13.0 Å². The summed E-state index contributed by atoms with van der Waals surface area (Å²) in [4.78, 5) is 18.6. The van der Waals surface area contributed by atoms with Crippen LogP contribution in [0.4, 0.5) is 17.3 Å². The fourth-order valence-electron chi connectivity index (χ4n) is 1.86. The van der Waals surface area contributed by atoms with E-state index in [9.17, 15) is 10.1 Å². The first-order valence-corrected chi connectivity index (χ1v) is 6.18. The lowest BCUT2D eigenvalue weighted by molar-refractivity contribution is -0.384. The molecule has 20 heavy (non-hydrogen) atoms. The standard InChI is InChI=1S/C13H15N5O2/c1-2-9-4-3-5-15-11(9)8-16-13-7-10(18(19)20)6-12(14)17-13/h3-7H,2,8H2,1H3,(H3,14,16,17). The molecule has 0 saturated carbocycles. The molecule has 0 saturated heterocycles. The third-order valence-corrected chi connectivity index (χ3v) is 2.84. The highest BCUT2D eigenvalue weighted by atomic mass is 16.6. The minimum atomic E-state index is -0.499. The number of nitrogens with one attached hydrogen (secondary N) is 1. The molecule has 2 rings (SSSR count). The van der Waals surface area contributed by atoms with E-state index in [0.717, 1.165) is 17.7 Å². The van der Waals surface area contributed by atoms with Gasteiger partial charge in [-0.2, -0.15) is 0 Å². The van der Waals surface area contributed by atoms with Gasteiger partial charge in [-0.15, -0.1) is 0 Å². The molecule has 104 valence electrons. The van der Waals surface area contributed by atoms with Crippen molar-refractivity contribution in [3.8, 4) is 0 Å². The lowest BCUT2D eigenvalue weighted by Crippen LogP contribution is -2.07. The number of nitrogens with zero attached hydrogens (tertiary/aromatic N) is 3. The SMILES string of the molecule is CCc1cccnc1CNc1cc([N+](=O)[O-])cc(N)n1. The van der Waals surface area contributed by atoms with Crippen LogP contribution in [0.15, 0.2) is 30.5 Å². The number of hydrogen-bond donors (Lipinski definition) is 2. The molecular weight excluding hydrogens is 258 g/mol. The number of aromatic nitrogens is 2. The Morgan fingerprint density at radius 2 is 2.25 bits per heavy atom. The van der Waals surface area contributed by atoms with Crippen molar-refractivity contribution in [1.82, 2.24) is 9.97 Å². The van der Waals surface area contributed by atoms with Gasteiger partial charge in [0, 0.05) is 6.20 Å². The summed E-state index contributed by atoms with van der Waals surface area (Å²) >= 11 is 0. The number of rotatable bonds is 5. The topological polar surface area (TPSA) is 107 Å². The molecule has 0 aliphatic rings. The molecule has 0 bridgehead atoms. The minimum absolute atomic E-state index is 0.0864. The lowest BCUT2D eigenvalue weighted by Gasteiger charge is -2.09. The molecule has 0 spiro atoms. The first-order valence-electron chi connectivity index (χ1n) is 6.18. The molecule has 0 aliphatic carbocycles. The van der Waals surface area contributed by atoms with Gasteiger partial charge in [-0.05, 0) is 18.1 Å². The quantitative estimate of drug-likeness (QED) is 0.638. The highest BCUT2D eigenvalue weighted by Gasteiger charge is 2.10. The predicted molar refractivity (Wildman–Crippen MR) is 76.2 cm³/mol. The van der Waals surface area contributed by atoms with Crippen LogP contribution in [-0.4, -0.2) is 14.9 Å². The monoisotopic (exact) mass is 273 g/mol. The van der Waals surface area contributed by atoms with Crippen LogP contribution in [-0.2, 0) is 13.0 Å². The van der Waals surface area contributed by atoms with Crippen molar-refractivity contribution in [1.29, 1.82) is 0 Å². The van der Waals surface area contributed by atoms with Crippen LogP contribution < -0.4 is 11.1 Å². The van der Waals surface area contributed by atoms with Gasteiger partial charge < -0.3 is 11.1 Å². The molecule has 0 aromatic carbocycles. The van der Waals surface area contributed by atoms with Crippen LogP contribution in [0, 0.1) is 10.1 Å². The van der Waals surface area contributed by atoms with Gasteiger partial charge in [0.2, 0.25) is 0 Å². The van der Waals surface area contributed by atoms with E-state index in [0.29, 0.717) is 12.4 Å². The molecule has 2 aromatic rings. The molecule has 3 N–H and O–H groups in total. The van der Waals surface area contributed by atoms with Crippen molar-refractivity contribution < 1.29 is 4.92 Å². The summed E-state index contributed by atoms with van der Waals surface area (Å²) in [6, 6.07) is 6.46. The summed E-state index contributed by atoms with van der Waals surface area (Å²) in [5.74, 6) is 0.475.